The topological polar surface area (TPSA) is 54.1 Å². The van der Waals surface area contributed by atoms with E-state index in [1.807, 2.05) is 53.3 Å². The molecule has 0 radical (unpaired) electrons. The quantitative estimate of drug-likeness (QED) is 0.115. The fourth-order valence-corrected chi connectivity index (χ4v) is 7.09. The van der Waals surface area contributed by atoms with Gasteiger partial charge >= 0.3 is 21.1 Å². The smallest absolute Gasteiger partial charge is 0.509 e. The molecule has 0 amide bonds. The van der Waals surface area contributed by atoms with Crippen LogP contribution in [-0.2, 0) is 33.9 Å². The van der Waals surface area contributed by atoms with E-state index in [4.69, 9.17) is 14.6 Å². The van der Waals surface area contributed by atoms with Crippen molar-refractivity contribution >= 4 is 21.8 Å². The average molecular weight is 870 g/mol. The van der Waals surface area contributed by atoms with E-state index >= 15 is 0 Å². The van der Waals surface area contributed by atoms with Gasteiger partial charge in [0.15, 0.2) is 0 Å². The molecule has 0 aliphatic carbocycles. The molecule has 7 heteroatoms. The third-order valence-electron chi connectivity index (χ3n) is 9.76. The standard InChI is InChI=1S/C45H46N4O2.Pt/c1-29(2)15-18-38-31(5)23-32(6)39(19-16-30(3)4)45(38)33-27-47-48(28-33)34-11-10-12-36(24-34)51-37-17-20-41-40-13-8-9-14-42(40)49(43(41)25-37)44-26-35(50-7)21-22-46-44;/h8-14,17,20-23,26-30H,15-16,18-19H2,1-7H3;/q-2;+2. The first-order valence-corrected chi connectivity index (χ1v) is 18.0. The van der Waals surface area contributed by atoms with Crippen molar-refractivity contribution in [2.45, 2.75) is 67.2 Å². The second kappa shape index (κ2) is 15.9. The van der Waals surface area contributed by atoms with Gasteiger partial charge in [0.25, 0.3) is 0 Å². The van der Waals surface area contributed by atoms with Gasteiger partial charge in [0.05, 0.1) is 13.3 Å². The molecule has 0 saturated heterocycles. The van der Waals surface area contributed by atoms with E-state index in [-0.39, 0.29) is 21.1 Å². The van der Waals surface area contributed by atoms with Gasteiger partial charge < -0.3 is 14.0 Å². The molecule has 0 spiro atoms. The number of rotatable bonds is 12. The van der Waals surface area contributed by atoms with Crippen molar-refractivity contribution in [2.75, 3.05) is 7.11 Å². The molecule has 4 aromatic carbocycles. The van der Waals surface area contributed by atoms with Gasteiger partial charge in [0.1, 0.15) is 11.6 Å². The van der Waals surface area contributed by atoms with Crippen LogP contribution in [0.2, 0.25) is 0 Å². The van der Waals surface area contributed by atoms with Crippen LogP contribution in [0.3, 0.4) is 0 Å². The molecule has 0 fully saturated rings. The van der Waals surface area contributed by atoms with Crippen LogP contribution in [-0.4, -0.2) is 26.4 Å². The largest absolute Gasteiger partial charge is 2.00 e. The predicted octanol–water partition coefficient (Wildman–Crippen LogP) is 11.2. The van der Waals surface area contributed by atoms with Gasteiger partial charge in [-0.2, -0.15) is 17.2 Å². The van der Waals surface area contributed by atoms with Crippen molar-refractivity contribution in [3.63, 3.8) is 0 Å². The summed E-state index contributed by atoms with van der Waals surface area (Å²) in [5.41, 5.74) is 10.8. The Labute approximate surface area is 322 Å². The molecule has 0 unspecified atom stereocenters. The Morgan fingerprint density at radius 3 is 2.19 bits per heavy atom. The molecule has 0 N–H and O–H groups in total. The Kier molecular flexibility index (Phi) is 11.4. The minimum atomic E-state index is 0. The van der Waals surface area contributed by atoms with E-state index in [9.17, 15) is 0 Å². The third-order valence-corrected chi connectivity index (χ3v) is 9.76. The number of nitrogens with zero attached hydrogens (tertiary/aromatic N) is 4. The van der Waals surface area contributed by atoms with E-state index in [1.54, 1.807) is 13.3 Å². The van der Waals surface area contributed by atoms with Crippen LogP contribution in [0.5, 0.6) is 17.2 Å². The molecule has 3 heterocycles. The summed E-state index contributed by atoms with van der Waals surface area (Å²) < 4.78 is 16.0. The number of aryl methyl sites for hydroxylation is 2. The summed E-state index contributed by atoms with van der Waals surface area (Å²) in [7, 11) is 1.66. The minimum absolute atomic E-state index is 0. The fourth-order valence-electron chi connectivity index (χ4n) is 7.09. The first-order chi connectivity index (χ1) is 24.7. The van der Waals surface area contributed by atoms with Crippen LogP contribution in [0.25, 0.3) is 44.4 Å². The van der Waals surface area contributed by atoms with Crippen LogP contribution in [0.1, 0.15) is 62.8 Å². The number of benzene rings is 4. The fraction of sp³-hybridized carbons (Fsp3) is 0.289. The number of methoxy groups -OCH3 is 1. The number of ether oxygens (including phenoxy) is 2. The second-order valence-corrected chi connectivity index (χ2v) is 14.4. The summed E-state index contributed by atoms with van der Waals surface area (Å²) in [5.74, 6) is 3.94. The molecular formula is C45H46N4O2Pt. The van der Waals surface area contributed by atoms with Crippen molar-refractivity contribution in [2.24, 2.45) is 11.8 Å². The zero-order valence-corrected chi connectivity index (χ0v) is 33.3. The molecular weight excluding hydrogens is 824 g/mol. The van der Waals surface area contributed by atoms with Crippen LogP contribution in [0.15, 0.2) is 91.4 Å². The summed E-state index contributed by atoms with van der Waals surface area (Å²) in [4.78, 5) is 4.67. The zero-order chi connectivity index (χ0) is 35.6. The Balaban J connectivity index is 0.00000464. The summed E-state index contributed by atoms with van der Waals surface area (Å²) in [6, 6.07) is 31.4. The van der Waals surface area contributed by atoms with Crippen molar-refractivity contribution in [3.05, 3.63) is 126 Å². The Morgan fingerprint density at radius 2 is 1.48 bits per heavy atom. The molecule has 7 aromatic rings. The normalized spacial score (nSPS) is 11.5. The SMILES string of the molecule is COc1ccnc(-n2c3[c-]c(Oc4[c-]c(-n5cc(-c6c(CCC(C)C)c(C)cc(C)c6CCC(C)C)cn5)ccc4)ccc3c3ccccc32)c1.[Pt+2]. The van der Waals surface area contributed by atoms with Gasteiger partial charge in [0, 0.05) is 41.0 Å². The molecule has 268 valence electrons. The summed E-state index contributed by atoms with van der Waals surface area (Å²) in [6.07, 6.45) is 10.3. The maximum atomic E-state index is 6.44. The number of fused-ring (bicyclic) bond motifs is 3. The average Bonchev–Trinajstić information content (AvgIpc) is 3.74. The molecule has 0 aliphatic heterocycles. The van der Waals surface area contributed by atoms with E-state index in [0.717, 1.165) is 70.3 Å². The summed E-state index contributed by atoms with van der Waals surface area (Å²) in [5, 5.41) is 7.05. The van der Waals surface area contributed by atoms with Crippen molar-refractivity contribution in [1.29, 1.82) is 0 Å². The number of para-hydroxylation sites is 1. The number of hydrogen-bond donors (Lipinski definition) is 0. The summed E-state index contributed by atoms with van der Waals surface area (Å²) in [6.45, 7) is 13.7. The number of hydrogen-bond acceptors (Lipinski definition) is 4. The zero-order valence-electron chi connectivity index (χ0n) is 31.1. The molecule has 0 atom stereocenters. The molecule has 52 heavy (non-hydrogen) atoms. The van der Waals surface area contributed by atoms with Gasteiger partial charge in [-0.05, 0) is 102 Å². The van der Waals surface area contributed by atoms with Crippen molar-refractivity contribution in [3.8, 4) is 39.9 Å². The second-order valence-electron chi connectivity index (χ2n) is 14.4. The van der Waals surface area contributed by atoms with Crippen molar-refractivity contribution < 1.29 is 30.5 Å². The van der Waals surface area contributed by atoms with Crippen LogP contribution < -0.4 is 9.47 Å². The molecule has 0 aliphatic rings. The van der Waals surface area contributed by atoms with E-state index < -0.39 is 0 Å². The van der Waals surface area contributed by atoms with Crippen LogP contribution in [0, 0.1) is 37.8 Å². The Morgan fingerprint density at radius 1 is 0.769 bits per heavy atom. The van der Waals surface area contributed by atoms with Crippen LogP contribution >= 0.6 is 0 Å². The maximum absolute atomic E-state index is 6.44. The maximum Gasteiger partial charge on any atom is 2.00 e. The number of pyridine rings is 1. The van der Waals surface area contributed by atoms with E-state index in [0.29, 0.717) is 23.3 Å². The van der Waals surface area contributed by atoms with Gasteiger partial charge in [-0.3, -0.25) is 4.68 Å². The Bertz CT molecular complexity index is 2300. The van der Waals surface area contributed by atoms with Crippen LogP contribution in [0.4, 0.5) is 0 Å². The first kappa shape index (κ1) is 37.1. The van der Waals surface area contributed by atoms with Crippen molar-refractivity contribution in [1.82, 2.24) is 19.3 Å². The molecule has 0 saturated carbocycles. The molecule has 6 nitrogen and oxygen atoms in total. The van der Waals surface area contributed by atoms with Gasteiger partial charge in [-0.15, -0.1) is 35.7 Å². The van der Waals surface area contributed by atoms with Gasteiger partial charge in [0.2, 0.25) is 0 Å². The van der Waals surface area contributed by atoms with Gasteiger partial charge in [-0.25, -0.2) is 4.98 Å². The first-order valence-electron chi connectivity index (χ1n) is 18.0. The third kappa shape index (κ3) is 7.59. The monoisotopic (exact) mass is 869 g/mol. The predicted molar refractivity (Wildman–Crippen MR) is 208 cm³/mol. The molecule has 0 bridgehead atoms. The molecule has 3 aromatic heterocycles. The minimum Gasteiger partial charge on any atom is -0.509 e. The number of aromatic nitrogens is 4. The Hall–Kier alpha value is -4.67. The molecule has 7 rings (SSSR count). The summed E-state index contributed by atoms with van der Waals surface area (Å²) >= 11 is 0. The van der Waals surface area contributed by atoms with Gasteiger partial charge in [-0.1, -0.05) is 57.5 Å². The van der Waals surface area contributed by atoms with E-state index in [1.165, 1.54) is 27.8 Å². The van der Waals surface area contributed by atoms with E-state index in [2.05, 4.69) is 99.8 Å².